The fourth-order valence-electron chi connectivity index (χ4n) is 5.04. The Morgan fingerprint density at radius 1 is 1.17 bits per heavy atom. The highest BCUT2D eigenvalue weighted by atomic mass is 19.4. The van der Waals surface area contributed by atoms with Crippen LogP contribution in [0.5, 0.6) is 5.75 Å². The lowest BCUT2D eigenvalue weighted by Gasteiger charge is -2.39. The molecule has 0 bridgehead atoms. The number of alkyl halides is 3. The summed E-state index contributed by atoms with van der Waals surface area (Å²) in [7, 11) is 0. The average Bonchev–Trinajstić information content (AvgIpc) is 3.31. The van der Waals surface area contributed by atoms with Crippen molar-refractivity contribution in [2.45, 2.75) is 68.9 Å². The molecule has 1 aliphatic carbocycles. The molecule has 2 fully saturated rings. The van der Waals surface area contributed by atoms with Gasteiger partial charge in [-0.25, -0.2) is 0 Å². The molecule has 2 atom stereocenters. The van der Waals surface area contributed by atoms with E-state index in [0.29, 0.717) is 31.2 Å². The number of rotatable bonds is 6. The third-order valence-corrected chi connectivity index (χ3v) is 6.84. The molecular weight excluding hydrogens is 469 g/mol. The van der Waals surface area contributed by atoms with Crippen LogP contribution in [-0.4, -0.2) is 40.1 Å². The normalized spacial score (nSPS) is 21.4. The Balaban J connectivity index is 1.58. The summed E-state index contributed by atoms with van der Waals surface area (Å²) in [5, 5.41) is 12.6. The number of halogens is 3. The van der Waals surface area contributed by atoms with Crippen molar-refractivity contribution in [3.63, 3.8) is 0 Å². The van der Waals surface area contributed by atoms with Crippen molar-refractivity contribution in [2.24, 2.45) is 0 Å². The largest absolute Gasteiger partial charge is 0.473 e. The number of carbonyl (C=O) groups is 1. The fraction of sp³-hybridized carbons (Fsp3) is 0.444. The van der Waals surface area contributed by atoms with Gasteiger partial charge in [0.05, 0.1) is 24.2 Å². The van der Waals surface area contributed by atoms with E-state index >= 15 is 0 Å². The van der Waals surface area contributed by atoms with Gasteiger partial charge in [-0.15, -0.1) is 6.42 Å². The number of benzene rings is 1. The van der Waals surface area contributed by atoms with Gasteiger partial charge in [0.1, 0.15) is 11.8 Å². The second-order valence-electron chi connectivity index (χ2n) is 9.16. The van der Waals surface area contributed by atoms with Crippen molar-refractivity contribution >= 4 is 5.91 Å². The summed E-state index contributed by atoms with van der Waals surface area (Å²) in [6.45, 7) is -0.0891. The summed E-state index contributed by atoms with van der Waals surface area (Å²) < 4.78 is 47.5. The molecule has 1 amide bonds. The topological polar surface area (TPSA) is 78.2 Å². The van der Waals surface area contributed by atoms with Crippen LogP contribution in [0.15, 0.2) is 42.7 Å². The van der Waals surface area contributed by atoms with E-state index in [4.69, 9.17) is 11.2 Å². The molecule has 9 heteroatoms. The molecule has 36 heavy (non-hydrogen) atoms. The highest BCUT2D eigenvalue weighted by Crippen LogP contribution is 2.40. The van der Waals surface area contributed by atoms with Crippen LogP contribution in [0.2, 0.25) is 0 Å². The van der Waals surface area contributed by atoms with Crippen LogP contribution in [0.25, 0.3) is 11.1 Å². The lowest BCUT2D eigenvalue weighted by Crippen LogP contribution is -2.55. The van der Waals surface area contributed by atoms with Crippen LogP contribution in [0.3, 0.4) is 0 Å². The summed E-state index contributed by atoms with van der Waals surface area (Å²) in [5.74, 6) is 2.57. The smallest absolute Gasteiger partial charge is 0.417 e. The van der Waals surface area contributed by atoms with Crippen LogP contribution in [0.4, 0.5) is 13.2 Å². The maximum Gasteiger partial charge on any atom is 0.417 e. The van der Waals surface area contributed by atoms with Crippen molar-refractivity contribution in [3.05, 3.63) is 48.3 Å². The number of pyridine rings is 1. The second kappa shape index (κ2) is 10.6. The van der Waals surface area contributed by atoms with Gasteiger partial charge in [-0.05, 0) is 67.1 Å². The number of ether oxygens (including phenoxy) is 1. The first-order valence-corrected chi connectivity index (χ1v) is 12.0. The summed E-state index contributed by atoms with van der Waals surface area (Å²) in [5.41, 5.74) is -1.31. The van der Waals surface area contributed by atoms with Gasteiger partial charge in [-0.2, -0.15) is 18.4 Å². The summed E-state index contributed by atoms with van der Waals surface area (Å²) in [6, 6.07) is 7.90. The highest BCUT2D eigenvalue weighted by molar-refractivity contribution is 5.80. The minimum atomic E-state index is -4.54. The van der Waals surface area contributed by atoms with E-state index in [2.05, 4.69) is 22.3 Å². The van der Waals surface area contributed by atoms with Crippen LogP contribution in [0.1, 0.15) is 50.5 Å². The lowest BCUT2D eigenvalue weighted by atomic mass is 9.91. The van der Waals surface area contributed by atoms with Crippen molar-refractivity contribution < 1.29 is 22.7 Å². The van der Waals surface area contributed by atoms with Gasteiger partial charge < -0.3 is 9.64 Å². The Morgan fingerprint density at radius 2 is 1.86 bits per heavy atom. The van der Waals surface area contributed by atoms with Gasteiger partial charge >= 0.3 is 6.18 Å². The van der Waals surface area contributed by atoms with E-state index in [1.165, 1.54) is 41.6 Å². The molecule has 2 heterocycles. The van der Waals surface area contributed by atoms with E-state index in [1.807, 2.05) is 0 Å². The number of likely N-dealkylation sites (tertiary alicyclic amines) is 1. The molecule has 1 aromatic heterocycles. The first kappa shape index (κ1) is 25.5. The van der Waals surface area contributed by atoms with Crippen molar-refractivity contribution in [3.8, 4) is 35.3 Å². The molecule has 1 saturated carbocycles. The van der Waals surface area contributed by atoms with Crippen molar-refractivity contribution in [1.82, 2.24) is 15.2 Å². The molecule has 1 aliphatic heterocycles. The maximum absolute atomic E-state index is 13.7. The molecule has 6 nitrogen and oxygen atoms in total. The van der Waals surface area contributed by atoms with Crippen LogP contribution in [0, 0.1) is 23.7 Å². The number of hydrogen-bond donors (Lipinski definition) is 1. The fourth-order valence-corrected chi connectivity index (χ4v) is 5.04. The minimum absolute atomic E-state index is 0.00442. The zero-order chi connectivity index (χ0) is 25.8. The number of amides is 1. The van der Waals surface area contributed by atoms with E-state index in [0.717, 1.165) is 25.3 Å². The van der Waals surface area contributed by atoms with E-state index in [1.54, 1.807) is 0 Å². The Morgan fingerprint density at radius 3 is 2.50 bits per heavy atom. The molecular formula is C27H27F3N4O2. The molecule has 2 aromatic rings. The molecule has 1 saturated heterocycles. The van der Waals surface area contributed by atoms with Gasteiger partial charge in [0.15, 0.2) is 5.72 Å². The Labute approximate surface area is 208 Å². The molecule has 0 spiro atoms. The van der Waals surface area contributed by atoms with E-state index < -0.39 is 29.5 Å². The third kappa shape index (κ3) is 5.47. The highest BCUT2D eigenvalue weighted by Gasteiger charge is 2.40. The van der Waals surface area contributed by atoms with Crippen molar-refractivity contribution in [2.75, 3.05) is 6.54 Å². The predicted octanol–water partition coefficient (Wildman–Crippen LogP) is 4.91. The molecule has 0 unspecified atom stereocenters. The number of hydrogen-bond acceptors (Lipinski definition) is 5. The number of aromatic nitrogens is 1. The lowest BCUT2D eigenvalue weighted by molar-refractivity contribution is -0.137. The van der Waals surface area contributed by atoms with Gasteiger partial charge in [-0.1, -0.05) is 12.3 Å². The van der Waals surface area contributed by atoms with Crippen LogP contribution >= 0.6 is 0 Å². The quantitative estimate of drug-likeness (QED) is 0.454. The Bertz CT molecular complexity index is 1140. The van der Waals surface area contributed by atoms with Crippen LogP contribution < -0.4 is 10.1 Å². The first-order valence-electron chi connectivity index (χ1n) is 12.0. The minimum Gasteiger partial charge on any atom is -0.473 e. The van der Waals surface area contributed by atoms with Crippen molar-refractivity contribution in [1.29, 1.82) is 5.26 Å². The van der Waals surface area contributed by atoms with E-state index in [-0.39, 0.29) is 23.8 Å². The van der Waals surface area contributed by atoms with Gasteiger partial charge in [0.25, 0.3) is 0 Å². The predicted molar refractivity (Wildman–Crippen MR) is 127 cm³/mol. The average molecular weight is 497 g/mol. The molecule has 0 radical (unpaired) electrons. The van der Waals surface area contributed by atoms with Gasteiger partial charge in [0, 0.05) is 25.2 Å². The zero-order valence-electron chi connectivity index (χ0n) is 19.7. The second-order valence-corrected chi connectivity index (χ2v) is 9.16. The first-order chi connectivity index (χ1) is 17.3. The standard InChI is InChI=1S/C27H27F3N4O2/c1-2-20-6-7-21(17-31)34(20)25(35)18-33-26(12-4-3-5-13-26)36-22-8-9-24(27(28,29)30)23(16-22)19-10-14-32-15-11-19/h1,8-11,14-16,20-21,33H,3-7,12-13,18H2/t20-,21-/m0/s1. The maximum atomic E-state index is 13.7. The number of nitrogens with one attached hydrogen (secondary N) is 1. The Hall–Kier alpha value is -3.56. The molecule has 188 valence electrons. The number of carbonyl (C=O) groups excluding carboxylic acids is 1. The SMILES string of the molecule is C#C[C@H]1CC[C@@H](C#N)N1C(=O)CNC1(Oc2ccc(C(F)(F)F)c(-c3ccncc3)c2)CCCCC1. The summed E-state index contributed by atoms with van der Waals surface area (Å²) in [6.07, 6.45) is 8.88. The molecule has 1 N–H and O–H groups in total. The van der Waals surface area contributed by atoms with E-state index in [9.17, 15) is 23.2 Å². The number of nitrogens with zero attached hydrogens (tertiary/aromatic N) is 3. The van der Waals surface area contributed by atoms with Crippen LogP contribution in [-0.2, 0) is 11.0 Å². The van der Waals surface area contributed by atoms with Gasteiger partial charge in [-0.3, -0.25) is 15.1 Å². The zero-order valence-corrected chi connectivity index (χ0v) is 19.7. The number of nitriles is 1. The van der Waals surface area contributed by atoms with Gasteiger partial charge in [0.2, 0.25) is 5.91 Å². The monoisotopic (exact) mass is 496 g/mol. The summed E-state index contributed by atoms with van der Waals surface area (Å²) in [4.78, 5) is 18.4. The summed E-state index contributed by atoms with van der Waals surface area (Å²) >= 11 is 0. The molecule has 4 rings (SSSR count). The Kier molecular flexibility index (Phi) is 7.51. The number of terminal acetylenes is 1. The molecule has 1 aromatic carbocycles. The molecule has 2 aliphatic rings. The third-order valence-electron chi connectivity index (χ3n) is 6.84.